The Morgan fingerprint density at radius 2 is 1.61 bits per heavy atom. The number of benzene rings is 1. The maximum absolute atomic E-state index is 11.3. The lowest BCUT2D eigenvalue weighted by molar-refractivity contribution is -0.171. The molecule has 0 aromatic heterocycles. The normalized spacial score (nSPS) is 27.3. The van der Waals surface area contributed by atoms with Crippen LogP contribution in [0.15, 0.2) is 30.3 Å². The Bertz CT molecular complexity index is 527. The number of esters is 2. The van der Waals surface area contributed by atoms with Crippen LogP contribution in [0.5, 0.6) is 0 Å². The Balaban J connectivity index is 2.01. The lowest BCUT2D eigenvalue weighted by Crippen LogP contribution is -2.45. The van der Waals surface area contributed by atoms with Gasteiger partial charge < -0.3 is 14.2 Å². The zero-order valence-electron chi connectivity index (χ0n) is 13.9. The van der Waals surface area contributed by atoms with Gasteiger partial charge in [-0.3, -0.25) is 9.59 Å². The van der Waals surface area contributed by atoms with Crippen LogP contribution in [0.25, 0.3) is 0 Å². The molecular weight excluding hydrogens is 296 g/mol. The predicted octanol–water partition coefficient (Wildman–Crippen LogP) is 2.87. The molecule has 0 N–H and O–H groups in total. The molecule has 0 radical (unpaired) electrons. The summed E-state index contributed by atoms with van der Waals surface area (Å²) in [6.07, 6.45) is 0.425. The van der Waals surface area contributed by atoms with Crippen molar-refractivity contribution in [2.75, 3.05) is 0 Å². The minimum absolute atomic E-state index is 0.0504. The second-order valence-electron chi connectivity index (χ2n) is 6.04. The summed E-state index contributed by atoms with van der Waals surface area (Å²) < 4.78 is 16.7. The lowest BCUT2D eigenvalue weighted by Gasteiger charge is -2.38. The van der Waals surface area contributed by atoms with E-state index in [-0.39, 0.29) is 36.2 Å². The second kappa shape index (κ2) is 8.11. The Morgan fingerprint density at radius 1 is 1.00 bits per heavy atom. The van der Waals surface area contributed by atoms with Gasteiger partial charge in [0.15, 0.2) is 0 Å². The number of hydrogen-bond acceptors (Lipinski definition) is 5. The highest BCUT2D eigenvalue weighted by Crippen LogP contribution is 2.32. The molecule has 0 spiro atoms. The van der Waals surface area contributed by atoms with Gasteiger partial charge in [0.1, 0.15) is 12.2 Å². The van der Waals surface area contributed by atoms with E-state index in [0.29, 0.717) is 19.4 Å². The quantitative estimate of drug-likeness (QED) is 0.781. The van der Waals surface area contributed by atoms with E-state index in [0.717, 1.165) is 5.56 Å². The molecule has 2 unspecified atom stereocenters. The molecule has 1 saturated carbocycles. The van der Waals surface area contributed by atoms with Crippen LogP contribution in [-0.2, 0) is 30.4 Å². The van der Waals surface area contributed by atoms with Crippen LogP contribution in [0.1, 0.15) is 39.2 Å². The molecule has 0 bridgehead atoms. The fourth-order valence-electron chi connectivity index (χ4n) is 2.98. The highest BCUT2D eigenvalue weighted by molar-refractivity contribution is 5.66. The Hall–Kier alpha value is -1.88. The van der Waals surface area contributed by atoms with Crippen molar-refractivity contribution >= 4 is 11.9 Å². The molecule has 2 rings (SSSR count). The first-order valence-electron chi connectivity index (χ1n) is 7.95. The molecule has 0 heterocycles. The van der Waals surface area contributed by atoms with E-state index in [4.69, 9.17) is 14.2 Å². The average molecular weight is 320 g/mol. The van der Waals surface area contributed by atoms with Crippen molar-refractivity contribution < 1.29 is 23.8 Å². The van der Waals surface area contributed by atoms with Crippen LogP contribution in [0.3, 0.4) is 0 Å². The molecule has 1 aromatic carbocycles. The maximum Gasteiger partial charge on any atom is 0.302 e. The minimum Gasteiger partial charge on any atom is -0.462 e. The summed E-state index contributed by atoms with van der Waals surface area (Å²) in [5, 5.41) is 0. The van der Waals surface area contributed by atoms with E-state index in [9.17, 15) is 9.59 Å². The molecule has 1 aliphatic carbocycles. The first-order valence-corrected chi connectivity index (χ1v) is 7.95. The maximum atomic E-state index is 11.3. The summed E-state index contributed by atoms with van der Waals surface area (Å²) in [5.41, 5.74) is 1.08. The third kappa shape index (κ3) is 5.36. The van der Waals surface area contributed by atoms with Gasteiger partial charge in [-0.1, -0.05) is 37.3 Å². The van der Waals surface area contributed by atoms with E-state index < -0.39 is 0 Å². The molecule has 4 atom stereocenters. The second-order valence-corrected chi connectivity index (χ2v) is 6.04. The van der Waals surface area contributed by atoms with Gasteiger partial charge >= 0.3 is 11.9 Å². The van der Waals surface area contributed by atoms with E-state index >= 15 is 0 Å². The molecule has 0 saturated heterocycles. The molecule has 5 heteroatoms. The Labute approximate surface area is 136 Å². The first-order chi connectivity index (χ1) is 11.0. The largest absolute Gasteiger partial charge is 0.462 e. The molecule has 23 heavy (non-hydrogen) atoms. The van der Waals surface area contributed by atoms with Gasteiger partial charge in [-0.15, -0.1) is 0 Å². The van der Waals surface area contributed by atoms with Crippen molar-refractivity contribution in [1.82, 2.24) is 0 Å². The molecule has 1 aliphatic rings. The molecule has 0 aliphatic heterocycles. The molecule has 126 valence electrons. The van der Waals surface area contributed by atoms with Crippen LogP contribution >= 0.6 is 0 Å². The van der Waals surface area contributed by atoms with Crippen molar-refractivity contribution in [3.63, 3.8) is 0 Å². The van der Waals surface area contributed by atoms with Crippen LogP contribution < -0.4 is 0 Å². The Morgan fingerprint density at radius 3 is 2.22 bits per heavy atom. The molecule has 1 fully saturated rings. The van der Waals surface area contributed by atoms with E-state index in [1.54, 1.807) is 0 Å². The van der Waals surface area contributed by atoms with Crippen LogP contribution in [0.2, 0.25) is 0 Å². The number of hydrogen-bond donors (Lipinski definition) is 0. The van der Waals surface area contributed by atoms with Gasteiger partial charge in [-0.05, 0) is 5.56 Å². The van der Waals surface area contributed by atoms with Gasteiger partial charge in [0.25, 0.3) is 0 Å². The minimum atomic E-state index is -0.327. The monoisotopic (exact) mass is 320 g/mol. The van der Waals surface area contributed by atoms with Gasteiger partial charge in [0.05, 0.1) is 12.7 Å². The fraction of sp³-hybridized carbons (Fsp3) is 0.556. The average Bonchev–Trinajstić information content (AvgIpc) is 2.49. The standard InChI is InChI=1S/C18H24O5/c1-12-17(21-11-15-7-5-4-6-8-15)9-16(22-13(2)19)10-18(12)23-14(3)20/h4-8,12,16-18H,9-11H2,1-3H3/t12?,16-,17?,18+/m1/s1. The summed E-state index contributed by atoms with van der Waals surface area (Å²) in [5.74, 6) is -0.602. The number of ether oxygens (including phenoxy) is 3. The zero-order valence-corrected chi connectivity index (χ0v) is 13.9. The summed E-state index contributed by atoms with van der Waals surface area (Å²) in [6, 6.07) is 9.89. The van der Waals surface area contributed by atoms with Crippen molar-refractivity contribution in [2.45, 2.75) is 58.5 Å². The van der Waals surface area contributed by atoms with E-state index in [1.165, 1.54) is 13.8 Å². The smallest absolute Gasteiger partial charge is 0.302 e. The highest BCUT2D eigenvalue weighted by Gasteiger charge is 2.39. The number of rotatable bonds is 5. The third-order valence-electron chi connectivity index (χ3n) is 4.12. The van der Waals surface area contributed by atoms with Crippen LogP contribution in [0.4, 0.5) is 0 Å². The first kappa shape index (κ1) is 17.5. The van der Waals surface area contributed by atoms with E-state index in [2.05, 4.69) is 0 Å². The number of carbonyl (C=O) groups is 2. The van der Waals surface area contributed by atoms with Crippen molar-refractivity contribution in [2.24, 2.45) is 5.92 Å². The van der Waals surface area contributed by atoms with Crippen LogP contribution in [0, 0.1) is 5.92 Å². The molecule has 0 amide bonds. The van der Waals surface area contributed by atoms with Gasteiger partial charge in [0.2, 0.25) is 0 Å². The molecule has 5 nitrogen and oxygen atoms in total. The van der Waals surface area contributed by atoms with Crippen LogP contribution in [-0.4, -0.2) is 30.3 Å². The summed E-state index contributed by atoms with van der Waals surface area (Å²) in [6.45, 7) is 5.27. The van der Waals surface area contributed by atoms with Gasteiger partial charge in [0, 0.05) is 32.6 Å². The lowest BCUT2D eigenvalue weighted by atomic mass is 9.83. The van der Waals surface area contributed by atoms with Gasteiger partial charge in [-0.25, -0.2) is 0 Å². The van der Waals surface area contributed by atoms with E-state index in [1.807, 2.05) is 37.3 Å². The fourth-order valence-corrected chi connectivity index (χ4v) is 2.98. The van der Waals surface area contributed by atoms with Crippen molar-refractivity contribution in [3.8, 4) is 0 Å². The topological polar surface area (TPSA) is 61.8 Å². The zero-order chi connectivity index (χ0) is 16.8. The van der Waals surface area contributed by atoms with Crippen molar-refractivity contribution in [3.05, 3.63) is 35.9 Å². The van der Waals surface area contributed by atoms with Gasteiger partial charge in [-0.2, -0.15) is 0 Å². The molecule has 1 aromatic rings. The SMILES string of the molecule is CC(=O)O[C@@H]1CC(OCc2ccccc2)C(C)[C@@H](OC(C)=O)C1. The molecular formula is C18H24O5. The summed E-state index contributed by atoms with van der Waals surface area (Å²) >= 11 is 0. The predicted molar refractivity (Wildman–Crippen MR) is 84.5 cm³/mol. The Kier molecular flexibility index (Phi) is 6.16. The number of carbonyl (C=O) groups excluding carboxylic acids is 2. The van der Waals surface area contributed by atoms with Crippen molar-refractivity contribution in [1.29, 1.82) is 0 Å². The summed E-state index contributed by atoms with van der Waals surface area (Å²) in [4.78, 5) is 22.5. The summed E-state index contributed by atoms with van der Waals surface area (Å²) in [7, 11) is 0. The highest BCUT2D eigenvalue weighted by atomic mass is 16.6. The third-order valence-corrected chi connectivity index (χ3v) is 4.12.